The molecule has 5 heteroatoms. The van der Waals surface area contributed by atoms with Crippen LogP contribution in [0.3, 0.4) is 0 Å². The van der Waals surface area contributed by atoms with Gasteiger partial charge in [0.25, 0.3) is 0 Å². The van der Waals surface area contributed by atoms with Crippen LogP contribution in [0, 0.1) is 17.2 Å². The van der Waals surface area contributed by atoms with Gasteiger partial charge in [-0.2, -0.15) is 18.4 Å². The number of ether oxygens (including phenoxy) is 1. The molecule has 1 aliphatic carbocycles. The molecule has 0 aromatic heterocycles. The van der Waals surface area contributed by atoms with E-state index in [1.165, 1.54) is 6.07 Å². The van der Waals surface area contributed by atoms with Gasteiger partial charge in [0.15, 0.2) is 0 Å². The Morgan fingerprint density at radius 2 is 1.87 bits per heavy atom. The Morgan fingerprint density at radius 1 is 1.09 bits per heavy atom. The van der Waals surface area contributed by atoms with E-state index in [1.54, 1.807) is 24.3 Å². The van der Waals surface area contributed by atoms with Gasteiger partial charge in [0.2, 0.25) is 0 Å². The second kappa shape index (κ2) is 5.96. The first-order valence-electron chi connectivity index (χ1n) is 7.31. The minimum Gasteiger partial charge on any atom is -0.493 e. The van der Waals surface area contributed by atoms with Crippen LogP contribution in [0.15, 0.2) is 42.5 Å². The highest BCUT2D eigenvalue weighted by Crippen LogP contribution is 2.34. The zero-order valence-corrected chi connectivity index (χ0v) is 12.2. The van der Waals surface area contributed by atoms with Crippen molar-refractivity contribution >= 4 is 0 Å². The molecule has 2 aromatic carbocycles. The van der Waals surface area contributed by atoms with Gasteiger partial charge in [-0.3, -0.25) is 0 Å². The largest absolute Gasteiger partial charge is 0.493 e. The van der Waals surface area contributed by atoms with E-state index in [1.807, 2.05) is 6.07 Å². The number of nitrogens with zero attached hydrogens (tertiary/aromatic N) is 1. The molecule has 0 heterocycles. The molecule has 0 amide bonds. The average Bonchev–Trinajstić information content (AvgIpc) is 3.36. The van der Waals surface area contributed by atoms with Crippen molar-refractivity contribution in [2.45, 2.75) is 19.0 Å². The number of hydrogen-bond donors (Lipinski definition) is 0. The minimum absolute atomic E-state index is 0.366. The summed E-state index contributed by atoms with van der Waals surface area (Å²) in [6.45, 7) is 0.580. The van der Waals surface area contributed by atoms with E-state index in [0.717, 1.165) is 25.0 Å². The molecule has 0 saturated heterocycles. The van der Waals surface area contributed by atoms with E-state index >= 15 is 0 Å². The van der Waals surface area contributed by atoms with Gasteiger partial charge in [0.05, 0.1) is 23.8 Å². The molecular weight excluding hydrogens is 303 g/mol. The van der Waals surface area contributed by atoms with Gasteiger partial charge in [-0.05, 0) is 60.2 Å². The highest BCUT2D eigenvalue weighted by atomic mass is 19.4. The second-order valence-electron chi connectivity index (χ2n) is 5.69. The molecule has 0 aliphatic heterocycles. The topological polar surface area (TPSA) is 33.0 Å². The van der Waals surface area contributed by atoms with Crippen LogP contribution in [0.4, 0.5) is 13.2 Å². The highest BCUT2D eigenvalue weighted by Gasteiger charge is 2.30. The fourth-order valence-corrected chi connectivity index (χ4v) is 2.29. The Hall–Kier alpha value is -2.48. The third-order valence-electron chi connectivity index (χ3n) is 3.74. The van der Waals surface area contributed by atoms with Gasteiger partial charge in [-0.1, -0.05) is 12.1 Å². The number of benzene rings is 2. The minimum atomic E-state index is -4.39. The molecule has 23 heavy (non-hydrogen) atoms. The van der Waals surface area contributed by atoms with Crippen molar-refractivity contribution in [1.82, 2.24) is 0 Å². The Labute approximate surface area is 132 Å². The van der Waals surface area contributed by atoms with Crippen LogP contribution in [0.25, 0.3) is 11.1 Å². The SMILES string of the molecule is N#Cc1cc(OCC2CC2)cc(-c2cccc(C(F)(F)F)c2)c1. The normalized spacial score (nSPS) is 14.3. The monoisotopic (exact) mass is 317 g/mol. The number of halogens is 3. The summed E-state index contributed by atoms with van der Waals surface area (Å²) in [7, 11) is 0. The van der Waals surface area contributed by atoms with E-state index in [4.69, 9.17) is 10.00 Å². The predicted octanol–water partition coefficient (Wildman–Crippen LogP) is 5.03. The molecular formula is C18H14F3NO. The average molecular weight is 317 g/mol. The van der Waals surface area contributed by atoms with Crippen molar-refractivity contribution in [2.75, 3.05) is 6.61 Å². The van der Waals surface area contributed by atoms with Crippen LogP contribution in [0.2, 0.25) is 0 Å². The maximum absolute atomic E-state index is 12.8. The summed E-state index contributed by atoms with van der Waals surface area (Å²) in [4.78, 5) is 0. The standard InChI is InChI=1S/C18H14F3NO/c19-18(20,21)16-3-1-2-14(8-16)15-6-13(10-22)7-17(9-15)23-11-12-4-5-12/h1-3,6-9,12H,4-5,11H2. The Bertz CT molecular complexity index is 758. The van der Waals surface area contributed by atoms with Gasteiger partial charge < -0.3 is 4.74 Å². The van der Waals surface area contributed by atoms with Gasteiger partial charge in [0, 0.05) is 0 Å². The van der Waals surface area contributed by atoms with Crippen LogP contribution in [-0.4, -0.2) is 6.61 Å². The Balaban J connectivity index is 1.94. The van der Waals surface area contributed by atoms with E-state index in [0.29, 0.717) is 35.0 Å². The highest BCUT2D eigenvalue weighted by molar-refractivity contribution is 5.68. The van der Waals surface area contributed by atoms with Crippen molar-refractivity contribution in [3.8, 4) is 22.9 Å². The van der Waals surface area contributed by atoms with Gasteiger partial charge in [0.1, 0.15) is 5.75 Å². The molecule has 0 bridgehead atoms. The van der Waals surface area contributed by atoms with Crippen molar-refractivity contribution in [3.05, 3.63) is 53.6 Å². The summed E-state index contributed by atoms with van der Waals surface area (Å²) >= 11 is 0. The van der Waals surface area contributed by atoms with E-state index in [-0.39, 0.29) is 0 Å². The van der Waals surface area contributed by atoms with E-state index in [2.05, 4.69) is 0 Å². The van der Waals surface area contributed by atoms with Crippen molar-refractivity contribution in [1.29, 1.82) is 5.26 Å². The first-order chi connectivity index (χ1) is 11.0. The third kappa shape index (κ3) is 3.84. The first kappa shape index (κ1) is 15.4. The fraction of sp³-hybridized carbons (Fsp3) is 0.278. The summed E-state index contributed by atoms with van der Waals surface area (Å²) in [5, 5.41) is 9.12. The zero-order chi connectivity index (χ0) is 16.4. The lowest BCUT2D eigenvalue weighted by molar-refractivity contribution is -0.137. The molecule has 0 atom stereocenters. The van der Waals surface area contributed by atoms with Crippen LogP contribution < -0.4 is 4.74 Å². The molecule has 2 aromatic rings. The van der Waals surface area contributed by atoms with E-state index < -0.39 is 11.7 Å². The van der Waals surface area contributed by atoms with Crippen LogP contribution in [0.5, 0.6) is 5.75 Å². The van der Waals surface area contributed by atoms with Crippen LogP contribution >= 0.6 is 0 Å². The first-order valence-corrected chi connectivity index (χ1v) is 7.31. The molecule has 0 unspecified atom stereocenters. The molecule has 1 fully saturated rings. The van der Waals surface area contributed by atoms with Crippen molar-refractivity contribution < 1.29 is 17.9 Å². The van der Waals surface area contributed by atoms with Gasteiger partial charge >= 0.3 is 6.18 Å². The lowest BCUT2D eigenvalue weighted by atomic mass is 10.0. The Morgan fingerprint density at radius 3 is 2.52 bits per heavy atom. The second-order valence-corrected chi connectivity index (χ2v) is 5.69. The summed E-state index contributed by atoms with van der Waals surface area (Å²) in [5.74, 6) is 1.07. The molecule has 0 radical (unpaired) electrons. The zero-order valence-electron chi connectivity index (χ0n) is 12.2. The maximum atomic E-state index is 12.8. The number of hydrogen-bond acceptors (Lipinski definition) is 2. The molecule has 0 spiro atoms. The summed E-state index contributed by atoms with van der Waals surface area (Å²) in [5.41, 5.74) is 0.609. The van der Waals surface area contributed by atoms with Crippen LogP contribution in [-0.2, 0) is 6.18 Å². The smallest absolute Gasteiger partial charge is 0.416 e. The number of rotatable bonds is 4. The molecule has 2 nitrogen and oxygen atoms in total. The van der Waals surface area contributed by atoms with Crippen molar-refractivity contribution in [3.63, 3.8) is 0 Å². The maximum Gasteiger partial charge on any atom is 0.416 e. The van der Waals surface area contributed by atoms with Gasteiger partial charge in [-0.15, -0.1) is 0 Å². The molecule has 1 aliphatic rings. The lowest BCUT2D eigenvalue weighted by Gasteiger charge is -2.11. The molecule has 1 saturated carbocycles. The molecule has 3 rings (SSSR count). The number of nitriles is 1. The van der Waals surface area contributed by atoms with Crippen molar-refractivity contribution in [2.24, 2.45) is 5.92 Å². The summed E-state index contributed by atoms with van der Waals surface area (Å²) < 4.78 is 44.2. The quantitative estimate of drug-likeness (QED) is 0.792. The molecule has 0 N–H and O–H groups in total. The van der Waals surface area contributed by atoms with Crippen LogP contribution in [0.1, 0.15) is 24.0 Å². The third-order valence-corrected chi connectivity index (χ3v) is 3.74. The number of alkyl halides is 3. The predicted molar refractivity (Wildman–Crippen MR) is 79.8 cm³/mol. The summed E-state index contributed by atoms with van der Waals surface area (Å²) in [6.07, 6.45) is -2.12. The Kier molecular flexibility index (Phi) is 3.99. The fourth-order valence-electron chi connectivity index (χ4n) is 2.29. The summed E-state index contributed by atoms with van der Waals surface area (Å²) in [6, 6.07) is 12.0. The molecule has 118 valence electrons. The lowest BCUT2D eigenvalue weighted by Crippen LogP contribution is -2.04. The van der Waals surface area contributed by atoms with Gasteiger partial charge in [-0.25, -0.2) is 0 Å². The van der Waals surface area contributed by atoms with E-state index in [9.17, 15) is 13.2 Å².